The zero-order chi connectivity index (χ0) is 14.3. The Kier molecular flexibility index (Phi) is 6.21. The van der Waals surface area contributed by atoms with E-state index in [9.17, 15) is 4.79 Å². The Hall–Kier alpha value is -1.69. The van der Waals surface area contributed by atoms with Crippen molar-refractivity contribution in [1.29, 1.82) is 0 Å². The number of amides is 1. The van der Waals surface area contributed by atoms with Gasteiger partial charge < -0.3 is 15.5 Å². The largest absolute Gasteiger partial charge is 0.372 e. The molecule has 0 bridgehead atoms. The van der Waals surface area contributed by atoms with Gasteiger partial charge in [-0.1, -0.05) is 0 Å². The van der Waals surface area contributed by atoms with Crippen molar-refractivity contribution in [1.82, 2.24) is 20.2 Å². The van der Waals surface area contributed by atoms with E-state index in [1.807, 2.05) is 0 Å². The summed E-state index contributed by atoms with van der Waals surface area (Å²) in [6.45, 7) is 5.91. The number of hydrogen-bond donors (Lipinski definition) is 2. The van der Waals surface area contributed by atoms with Crippen LogP contribution in [0.15, 0.2) is 12.4 Å². The molecule has 0 fully saturated rings. The third-order valence-electron chi connectivity index (χ3n) is 3.00. The Bertz CT molecular complexity index is 391. The van der Waals surface area contributed by atoms with Crippen LogP contribution in [0.1, 0.15) is 30.8 Å². The fraction of sp³-hybridized carbons (Fsp3) is 0.615. The van der Waals surface area contributed by atoms with E-state index in [1.165, 1.54) is 6.20 Å². The number of rotatable bonds is 7. The van der Waals surface area contributed by atoms with Gasteiger partial charge >= 0.3 is 0 Å². The molecule has 1 rings (SSSR count). The molecular formula is C13H23N5O. The quantitative estimate of drug-likeness (QED) is 0.719. The molecule has 1 aromatic rings. The molecule has 0 radical (unpaired) electrons. The SMILES string of the molecule is CNc1cnc(C(=O)NCCCN(C)C(C)C)cn1. The molecule has 0 aliphatic heterocycles. The van der Waals surface area contributed by atoms with E-state index >= 15 is 0 Å². The summed E-state index contributed by atoms with van der Waals surface area (Å²) in [5.74, 6) is 0.470. The van der Waals surface area contributed by atoms with Crippen molar-refractivity contribution in [3.8, 4) is 0 Å². The van der Waals surface area contributed by atoms with Crippen molar-refractivity contribution in [2.45, 2.75) is 26.3 Å². The van der Waals surface area contributed by atoms with Gasteiger partial charge in [0, 0.05) is 19.6 Å². The molecule has 0 aromatic carbocycles. The summed E-state index contributed by atoms with van der Waals surface area (Å²) in [6, 6.07) is 0.524. The summed E-state index contributed by atoms with van der Waals surface area (Å²) in [6.07, 6.45) is 3.94. The summed E-state index contributed by atoms with van der Waals surface area (Å²) < 4.78 is 0. The molecule has 1 amide bonds. The average Bonchev–Trinajstić information content (AvgIpc) is 2.43. The number of anilines is 1. The zero-order valence-electron chi connectivity index (χ0n) is 12.1. The average molecular weight is 265 g/mol. The Morgan fingerprint density at radius 1 is 1.37 bits per heavy atom. The van der Waals surface area contributed by atoms with Gasteiger partial charge in [0.25, 0.3) is 5.91 Å². The summed E-state index contributed by atoms with van der Waals surface area (Å²) in [5.41, 5.74) is 0.344. The molecule has 0 spiro atoms. The van der Waals surface area contributed by atoms with Crippen molar-refractivity contribution < 1.29 is 4.79 Å². The fourth-order valence-electron chi connectivity index (χ4n) is 1.45. The van der Waals surface area contributed by atoms with E-state index in [1.54, 1.807) is 13.2 Å². The lowest BCUT2D eigenvalue weighted by Gasteiger charge is -2.20. The summed E-state index contributed by atoms with van der Waals surface area (Å²) in [4.78, 5) is 22.1. The van der Waals surface area contributed by atoms with Gasteiger partial charge in [0.05, 0.1) is 12.4 Å². The molecule has 1 aromatic heterocycles. The van der Waals surface area contributed by atoms with Crippen molar-refractivity contribution in [3.63, 3.8) is 0 Å². The van der Waals surface area contributed by atoms with Crippen molar-refractivity contribution in [3.05, 3.63) is 18.1 Å². The Balaban J connectivity index is 2.31. The van der Waals surface area contributed by atoms with Gasteiger partial charge in [-0.05, 0) is 33.9 Å². The highest BCUT2D eigenvalue weighted by Crippen LogP contribution is 1.99. The van der Waals surface area contributed by atoms with Gasteiger partial charge in [-0.25, -0.2) is 9.97 Å². The number of carbonyl (C=O) groups is 1. The molecule has 0 atom stereocenters. The molecule has 6 heteroatoms. The van der Waals surface area contributed by atoms with Crippen LogP contribution in [0.3, 0.4) is 0 Å². The third kappa shape index (κ3) is 5.21. The molecule has 0 aliphatic rings. The maximum absolute atomic E-state index is 11.8. The first kappa shape index (κ1) is 15.4. The monoisotopic (exact) mass is 265 g/mol. The highest BCUT2D eigenvalue weighted by atomic mass is 16.1. The normalized spacial score (nSPS) is 10.8. The Morgan fingerprint density at radius 2 is 2.11 bits per heavy atom. The van der Waals surface area contributed by atoms with Crippen LogP contribution in [-0.4, -0.2) is 54.0 Å². The topological polar surface area (TPSA) is 70.2 Å². The molecule has 0 unspecified atom stereocenters. The fourth-order valence-corrected chi connectivity index (χ4v) is 1.45. The number of hydrogen-bond acceptors (Lipinski definition) is 5. The molecular weight excluding hydrogens is 242 g/mol. The van der Waals surface area contributed by atoms with Crippen molar-refractivity contribution in [2.24, 2.45) is 0 Å². The minimum Gasteiger partial charge on any atom is -0.372 e. The first-order valence-corrected chi connectivity index (χ1v) is 6.52. The molecule has 6 nitrogen and oxygen atoms in total. The van der Waals surface area contributed by atoms with Gasteiger partial charge in [-0.15, -0.1) is 0 Å². The Morgan fingerprint density at radius 3 is 2.63 bits per heavy atom. The number of carbonyl (C=O) groups excluding carboxylic acids is 1. The summed E-state index contributed by atoms with van der Waals surface area (Å²) in [5, 5.41) is 5.70. The number of aromatic nitrogens is 2. The predicted molar refractivity (Wildman–Crippen MR) is 76.3 cm³/mol. The van der Waals surface area contributed by atoms with E-state index in [0.717, 1.165) is 13.0 Å². The predicted octanol–water partition coefficient (Wildman–Crippen LogP) is 0.978. The molecule has 1 heterocycles. The smallest absolute Gasteiger partial charge is 0.271 e. The molecule has 2 N–H and O–H groups in total. The summed E-state index contributed by atoms with van der Waals surface area (Å²) in [7, 11) is 3.84. The molecule has 0 saturated carbocycles. The number of nitrogens with one attached hydrogen (secondary N) is 2. The van der Waals surface area contributed by atoms with Crippen LogP contribution in [0.5, 0.6) is 0 Å². The first-order valence-electron chi connectivity index (χ1n) is 6.52. The van der Waals surface area contributed by atoms with E-state index in [0.29, 0.717) is 24.1 Å². The van der Waals surface area contributed by atoms with Gasteiger partial charge in [-0.2, -0.15) is 0 Å². The van der Waals surface area contributed by atoms with Crippen LogP contribution in [0.25, 0.3) is 0 Å². The lowest BCUT2D eigenvalue weighted by Crippen LogP contribution is -2.31. The van der Waals surface area contributed by atoms with E-state index < -0.39 is 0 Å². The van der Waals surface area contributed by atoms with E-state index in [2.05, 4.69) is 46.4 Å². The van der Waals surface area contributed by atoms with Crippen LogP contribution in [0.4, 0.5) is 5.82 Å². The van der Waals surface area contributed by atoms with E-state index in [4.69, 9.17) is 0 Å². The van der Waals surface area contributed by atoms with Gasteiger partial charge in [0.15, 0.2) is 0 Å². The maximum Gasteiger partial charge on any atom is 0.271 e. The minimum absolute atomic E-state index is 0.178. The highest BCUT2D eigenvalue weighted by Gasteiger charge is 2.07. The van der Waals surface area contributed by atoms with Gasteiger partial charge in [0.1, 0.15) is 11.5 Å². The van der Waals surface area contributed by atoms with Crippen molar-refractivity contribution >= 4 is 11.7 Å². The van der Waals surface area contributed by atoms with Crippen LogP contribution < -0.4 is 10.6 Å². The van der Waals surface area contributed by atoms with Crippen molar-refractivity contribution in [2.75, 3.05) is 32.5 Å². The van der Waals surface area contributed by atoms with Crippen LogP contribution in [0, 0.1) is 0 Å². The van der Waals surface area contributed by atoms with Crippen LogP contribution in [0.2, 0.25) is 0 Å². The third-order valence-corrected chi connectivity index (χ3v) is 3.00. The second-order valence-electron chi connectivity index (χ2n) is 4.72. The minimum atomic E-state index is -0.178. The highest BCUT2D eigenvalue weighted by molar-refractivity contribution is 5.91. The summed E-state index contributed by atoms with van der Waals surface area (Å²) >= 11 is 0. The molecule has 19 heavy (non-hydrogen) atoms. The van der Waals surface area contributed by atoms with E-state index in [-0.39, 0.29) is 5.91 Å². The van der Waals surface area contributed by atoms with Gasteiger partial charge in [0.2, 0.25) is 0 Å². The molecule has 106 valence electrons. The second-order valence-corrected chi connectivity index (χ2v) is 4.72. The first-order chi connectivity index (χ1) is 9.04. The molecule has 0 aliphatic carbocycles. The van der Waals surface area contributed by atoms with Gasteiger partial charge in [-0.3, -0.25) is 4.79 Å². The zero-order valence-corrected chi connectivity index (χ0v) is 12.1. The Labute approximate surface area is 114 Å². The lowest BCUT2D eigenvalue weighted by molar-refractivity contribution is 0.0946. The standard InChI is InChI=1S/C13H23N5O/c1-10(2)18(4)7-5-6-15-13(19)11-8-17-12(14-3)9-16-11/h8-10H,5-7H2,1-4H3,(H,14,17)(H,15,19). The van der Waals surface area contributed by atoms with Crippen LogP contribution in [-0.2, 0) is 0 Å². The maximum atomic E-state index is 11.8. The molecule has 0 saturated heterocycles. The lowest BCUT2D eigenvalue weighted by atomic mass is 10.3. The number of nitrogens with zero attached hydrogens (tertiary/aromatic N) is 3. The second kappa shape index (κ2) is 7.68. The van der Waals surface area contributed by atoms with Crippen LogP contribution >= 0.6 is 0 Å².